The molecule has 0 fully saturated rings. The summed E-state index contributed by atoms with van der Waals surface area (Å²) in [6.07, 6.45) is 0. The third kappa shape index (κ3) is 4.38. The number of hydrogen-bond donors (Lipinski definition) is 0. The van der Waals surface area contributed by atoms with Gasteiger partial charge in [-0.15, -0.1) is 0 Å². The topological polar surface area (TPSA) is 0 Å². The summed E-state index contributed by atoms with van der Waals surface area (Å²) in [6.45, 7) is 0. The van der Waals surface area contributed by atoms with E-state index in [9.17, 15) is 15.1 Å². The van der Waals surface area contributed by atoms with E-state index >= 15 is 0 Å². The molecule has 9 aromatic rings. The van der Waals surface area contributed by atoms with Crippen LogP contribution in [0.1, 0.15) is 41.1 Å². The first-order valence-corrected chi connectivity index (χ1v) is 13.5. The smallest absolute Gasteiger partial charge is 0.0622 e. The van der Waals surface area contributed by atoms with Gasteiger partial charge in [-0.05, 0) is 106 Å². The van der Waals surface area contributed by atoms with Crippen LogP contribution in [-0.2, 0) is 0 Å². The van der Waals surface area contributed by atoms with Crippen molar-refractivity contribution in [3.8, 4) is 44.5 Å². The lowest BCUT2D eigenvalue weighted by Gasteiger charge is -2.20. The predicted octanol–water partition coefficient (Wildman–Crippen LogP) is 13.0. The highest BCUT2D eigenvalue weighted by atomic mass is 14.2. The third-order valence-electron chi connectivity index (χ3n) is 7.19. The molecule has 0 aromatic heterocycles. The van der Waals surface area contributed by atoms with E-state index in [4.69, 9.17) is 26.0 Å². The zero-order chi connectivity index (χ0) is 56.6. The molecular weight excluding hydrogens is 553 g/mol. The van der Waals surface area contributed by atoms with Crippen molar-refractivity contribution in [2.24, 2.45) is 0 Å². The monoisotopic (exact) mass is 612 g/mol. The second kappa shape index (κ2) is 10.9. The van der Waals surface area contributed by atoms with Gasteiger partial charge in [0.05, 0.1) is 41.1 Å². The minimum atomic E-state index is -1.19. The minimum Gasteiger partial charge on any atom is -0.0622 e. The Kier molecular flexibility index (Phi) is 2.37. The van der Waals surface area contributed by atoms with Gasteiger partial charge < -0.3 is 0 Å². The fraction of sp³-hybridized carbons (Fsp3) is 0. The summed E-state index contributed by atoms with van der Waals surface area (Å²) in [5.74, 6) is 0. The Morgan fingerprint density at radius 3 is 1.46 bits per heavy atom. The molecule has 0 amide bonds. The fourth-order valence-corrected chi connectivity index (χ4v) is 5.22. The molecule has 0 saturated carbocycles. The van der Waals surface area contributed by atoms with Crippen molar-refractivity contribution >= 4 is 43.1 Å². The summed E-state index contributed by atoms with van der Waals surface area (Å²) < 4.78 is 271. The highest BCUT2D eigenvalue weighted by Gasteiger charge is 2.20. The summed E-state index contributed by atoms with van der Waals surface area (Å²) in [4.78, 5) is 0. The first-order chi connectivity index (χ1) is 35.3. The van der Waals surface area contributed by atoms with Gasteiger partial charge in [-0.25, -0.2) is 0 Å². The van der Waals surface area contributed by atoms with Crippen LogP contribution in [0.25, 0.3) is 87.6 Å². The van der Waals surface area contributed by atoms with E-state index in [1.165, 1.54) is 0 Å². The Labute approximate surface area is 311 Å². The normalized spacial score (nSPS) is 20.6. The van der Waals surface area contributed by atoms with Crippen molar-refractivity contribution in [3.63, 3.8) is 0 Å². The maximum Gasteiger partial charge on any atom is 0.0636 e. The second-order valence-corrected chi connectivity index (χ2v) is 9.75. The summed E-state index contributed by atoms with van der Waals surface area (Å²) in [5.41, 5.74) is -7.38. The molecule has 0 aliphatic heterocycles. The van der Waals surface area contributed by atoms with Gasteiger partial charge in [-0.1, -0.05) is 163 Å². The summed E-state index contributed by atoms with van der Waals surface area (Å²) >= 11 is 0. The van der Waals surface area contributed by atoms with Crippen molar-refractivity contribution < 1.29 is 41.1 Å². The number of fused-ring (bicyclic) bond motifs is 4. The molecule has 0 N–H and O–H groups in total. The zero-order valence-electron chi connectivity index (χ0n) is 53.0. The Balaban J connectivity index is 1.72. The van der Waals surface area contributed by atoms with Crippen LogP contribution in [0.3, 0.4) is 0 Å². The van der Waals surface area contributed by atoms with Crippen molar-refractivity contribution in [2.45, 2.75) is 0 Å². The molecule has 46 heavy (non-hydrogen) atoms. The first-order valence-electron chi connectivity index (χ1n) is 28.5. The summed E-state index contributed by atoms with van der Waals surface area (Å²) in [7, 11) is 0. The predicted molar refractivity (Wildman–Crippen MR) is 198 cm³/mol. The van der Waals surface area contributed by atoms with E-state index in [-0.39, 0.29) is 0 Å². The molecule has 9 aromatic carbocycles. The Morgan fingerprint density at radius 1 is 0.261 bits per heavy atom. The molecule has 0 aliphatic rings. The molecule has 0 bridgehead atoms. The third-order valence-corrected chi connectivity index (χ3v) is 7.19. The average Bonchev–Trinajstić information content (AvgIpc) is 3.40. The lowest BCUT2D eigenvalue weighted by atomic mass is 9.82. The molecule has 0 nitrogen and oxygen atoms in total. The van der Waals surface area contributed by atoms with Crippen LogP contribution in [-0.4, -0.2) is 0 Å². The molecule has 214 valence electrons. The van der Waals surface area contributed by atoms with Gasteiger partial charge in [0.25, 0.3) is 0 Å². The second-order valence-electron chi connectivity index (χ2n) is 9.75. The molecule has 0 heteroatoms. The van der Waals surface area contributed by atoms with Gasteiger partial charge in [0.2, 0.25) is 0 Å². The Bertz CT molecular complexity index is 4250. The molecule has 0 aliphatic carbocycles. The molecule has 0 unspecified atom stereocenters. The van der Waals surface area contributed by atoms with Crippen LogP contribution in [0.4, 0.5) is 0 Å². The van der Waals surface area contributed by atoms with Crippen molar-refractivity contribution in [3.05, 3.63) is 181 Å². The number of rotatable bonds is 4. The van der Waals surface area contributed by atoms with Gasteiger partial charge in [0.15, 0.2) is 0 Å². The van der Waals surface area contributed by atoms with Crippen molar-refractivity contribution in [1.29, 1.82) is 0 Å². The van der Waals surface area contributed by atoms with Crippen LogP contribution in [0.2, 0.25) is 0 Å². The average molecular weight is 613 g/mol. The van der Waals surface area contributed by atoms with Crippen LogP contribution < -0.4 is 0 Å². The Morgan fingerprint density at radius 2 is 0.739 bits per heavy atom. The van der Waals surface area contributed by atoms with E-state index in [0.29, 0.717) is 0 Å². The molecule has 0 heterocycles. The SMILES string of the molecule is [2H]c1c([2H])c([2H])c(-c2c([2H])c([2H])c([2H])c([2H])c2-c2c3c([2H])c([2H])c([2H])c([2H])c3c(-c3c([2H])c([2H])c4c([2H])c([2H])c([2H])c([2H])c4c3[2H])c3c([2H])c([2H])c(-c4c([2H])c([2H])c5c([2H])c([2H])c([2H])c([2H])c5c4[2H])c([2H])c23)c([2H])c1[2H]. The van der Waals surface area contributed by atoms with E-state index in [1.807, 2.05) is 0 Å². The van der Waals surface area contributed by atoms with E-state index in [1.54, 1.807) is 0 Å². The summed E-state index contributed by atoms with van der Waals surface area (Å²) in [5, 5.41) is -6.28. The Hall–Kier alpha value is -5.98. The minimum absolute atomic E-state index is 0.630. The largest absolute Gasteiger partial charge is 0.0636 e. The van der Waals surface area contributed by atoms with Crippen LogP contribution in [0.5, 0.6) is 0 Å². The highest BCUT2D eigenvalue weighted by Crippen LogP contribution is 2.47. The molecule has 0 saturated heterocycles. The van der Waals surface area contributed by atoms with Gasteiger partial charge in [-0.2, -0.15) is 0 Å². The van der Waals surface area contributed by atoms with Crippen LogP contribution in [0, 0.1) is 0 Å². The van der Waals surface area contributed by atoms with Gasteiger partial charge in [0, 0.05) is 0 Å². The van der Waals surface area contributed by atoms with Crippen LogP contribution >= 0.6 is 0 Å². The van der Waals surface area contributed by atoms with Crippen LogP contribution in [0.15, 0.2) is 181 Å². The number of benzene rings is 9. The van der Waals surface area contributed by atoms with Gasteiger partial charge in [0.1, 0.15) is 0 Å². The quantitative estimate of drug-likeness (QED) is 0.173. The van der Waals surface area contributed by atoms with Gasteiger partial charge in [-0.3, -0.25) is 0 Å². The molecule has 0 atom stereocenters. The van der Waals surface area contributed by atoms with E-state index < -0.39 is 269 Å². The van der Waals surface area contributed by atoms with Gasteiger partial charge >= 0.3 is 0 Å². The van der Waals surface area contributed by atoms with Crippen molar-refractivity contribution in [1.82, 2.24) is 0 Å². The molecule has 0 spiro atoms. The maximum absolute atomic E-state index is 10.2. The summed E-state index contributed by atoms with van der Waals surface area (Å²) in [6, 6.07) is -30.7. The molecule has 0 radical (unpaired) electrons. The number of hydrogen-bond acceptors (Lipinski definition) is 0. The lowest BCUT2D eigenvalue weighted by molar-refractivity contribution is 1.60. The van der Waals surface area contributed by atoms with E-state index in [0.717, 1.165) is 0 Å². The standard InChI is InChI=1S/C46H30/c1-2-14-33(15-3-1)39-18-8-9-19-40(39)46-42-21-11-10-20-41(42)45(38-25-23-32-13-5-7-17-35(32)29-38)43-27-26-37(30-44(43)46)36-24-22-31-12-4-6-16-34(31)28-36/h1-30H/i1D,2D,3D,4D,5D,6D,7D,8D,9D,10D,11D,12D,13D,14D,15D,16D,17D,18D,19D,20D,21D,22D,23D,24D,25D,26D,27D,28D,29D,30D. The molecule has 9 rings (SSSR count). The molecular formula is C46H30. The maximum atomic E-state index is 10.2. The van der Waals surface area contributed by atoms with E-state index in [2.05, 4.69) is 0 Å². The fourth-order valence-electron chi connectivity index (χ4n) is 5.22. The highest BCUT2D eigenvalue weighted by molar-refractivity contribution is 6.23. The first kappa shape index (κ1) is 10.0. The van der Waals surface area contributed by atoms with Crippen molar-refractivity contribution in [2.75, 3.05) is 0 Å². The zero-order valence-corrected chi connectivity index (χ0v) is 23.0. The lowest BCUT2D eigenvalue weighted by Crippen LogP contribution is -1.93.